The lowest BCUT2D eigenvalue weighted by Gasteiger charge is -2.72. The summed E-state index contributed by atoms with van der Waals surface area (Å²) >= 11 is 0. The van der Waals surface area contributed by atoms with E-state index in [-0.39, 0.29) is 63.5 Å². The van der Waals surface area contributed by atoms with Crippen LogP contribution >= 0.6 is 0 Å². The van der Waals surface area contributed by atoms with Gasteiger partial charge in [0.15, 0.2) is 9.84 Å². The van der Waals surface area contributed by atoms with Crippen LogP contribution in [0.15, 0.2) is 35.5 Å². The van der Waals surface area contributed by atoms with Gasteiger partial charge in [-0.1, -0.05) is 58.9 Å². The first-order valence-corrected chi connectivity index (χ1v) is 22.7. The van der Waals surface area contributed by atoms with Gasteiger partial charge in [0.25, 0.3) is 0 Å². The number of allylic oxidation sites excluding steroid dienone is 5. The fourth-order valence-electron chi connectivity index (χ4n) is 14.1. The van der Waals surface area contributed by atoms with E-state index in [1.807, 2.05) is 0 Å². The van der Waals surface area contributed by atoms with Gasteiger partial charge in [0.2, 0.25) is 5.91 Å². The van der Waals surface area contributed by atoms with Crippen LogP contribution in [0.4, 0.5) is 4.39 Å². The molecule has 0 aromatic carbocycles. The van der Waals surface area contributed by atoms with Crippen molar-refractivity contribution in [1.82, 2.24) is 10.2 Å². The molecule has 0 aromatic heterocycles. The highest BCUT2D eigenvalue weighted by atomic mass is 32.2. The van der Waals surface area contributed by atoms with Crippen LogP contribution in [0.2, 0.25) is 0 Å². The van der Waals surface area contributed by atoms with Gasteiger partial charge in [-0.25, -0.2) is 8.42 Å². The number of fused-ring (bicyclic) bond motifs is 7. The minimum absolute atomic E-state index is 0.0944. The second kappa shape index (κ2) is 14.8. The fraction of sp³-hybridized carbons (Fsp3) is 0.818. The van der Waals surface area contributed by atoms with Crippen molar-refractivity contribution in [3.63, 3.8) is 0 Å². The molecule has 9 heteroatoms. The predicted molar refractivity (Wildman–Crippen MR) is 211 cm³/mol. The summed E-state index contributed by atoms with van der Waals surface area (Å²) in [4.78, 5) is 28.0. The highest BCUT2D eigenvalue weighted by Crippen LogP contribution is 2.77. The van der Waals surface area contributed by atoms with E-state index in [0.717, 1.165) is 50.5 Å². The van der Waals surface area contributed by atoms with E-state index in [9.17, 15) is 27.5 Å². The molecular formula is C44H69FN2O5S. The molecule has 0 spiro atoms. The largest absolute Gasteiger partial charge is 0.481 e. The lowest BCUT2D eigenvalue weighted by atomic mass is 9.32. The summed E-state index contributed by atoms with van der Waals surface area (Å²) in [6, 6.07) is 0. The molecule has 4 saturated carbocycles. The average Bonchev–Trinajstić information content (AvgIpc) is 3.49. The molecule has 1 amide bonds. The van der Waals surface area contributed by atoms with Crippen LogP contribution in [0.3, 0.4) is 0 Å². The molecule has 5 fully saturated rings. The summed E-state index contributed by atoms with van der Waals surface area (Å²) in [6.07, 6.45) is 15.8. The lowest BCUT2D eigenvalue weighted by Crippen LogP contribution is -2.66. The van der Waals surface area contributed by atoms with E-state index in [0.29, 0.717) is 69.1 Å². The Kier molecular flexibility index (Phi) is 11.4. The van der Waals surface area contributed by atoms with E-state index >= 15 is 0 Å². The number of halogens is 1. The minimum atomic E-state index is -2.93. The van der Waals surface area contributed by atoms with Crippen LogP contribution in [-0.4, -0.2) is 74.7 Å². The van der Waals surface area contributed by atoms with Gasteiger partial charge in [-0.15, -0.1) is 0 Å². The number of carboxylic acids is 1. The highest BCUT2D eigenvalue weighted by molar-refractivity contribution is 7.91. The lowest BCUT2D eigenvalue weighted by molar-refractivity contribution is -0.226. The zero-order valence-electron chi connectivity index (χ0n) is 33.7. The van der Waals surface area contributed by atoms with Crippen LogP contribution in [0.25, 0.3) is 0 Å². The number of aliphatic carboxylic acids is 1. The number of alkyl halides is 1. The van der Waals surface area contributed by atoms with Gasteiger partial charge in [0.05, 0.1) is 23.6 Å². The highest BCUT2D eigenvalue weighted by Gasteiger charge is 2.71. The molecule has 0 radical (unpaired) electrons. The van der Waals surface area contributed by atoms with Gasteiger partial charge in [0.1, 0.15) is 0 Å². The number of nitrogens with one attached hydrogen (secondary N) is 1. The maximum atomic E-state index is 14.5. The number of amides is 1. The summed E-state index contributed by atoms with van der Waals surface area (Å²) in [5.74, 6) is 1.93. The Hall–Kier alpha value is -2.00. The summed E-state index contributed by atoms with van der Waals surface area (Å²) in [6.45, 7) is 21.2. The number of carbonyl (C=O) groups excluding carboxylic acids is 1. The van der Waals surface area contributed by atoms with Crippen LogP contribution in [0.1, 0.15) is 125 Å². The maximum Gasteiger partial charge on any atom is 0.303 e. The molecule has 0 unspecified atom stereocenters. The molecule has 0 bridgehead atoms. The van der Waals surface area contributed by atoms with Gasteiger partial charge in [-0.05, 0) is 146 Å². The molecule has 6 rings (SSSR count). The molecule has 298 valence electrons. The fourth-order valence-corrected chi connectivity index (χ4v) is 15.4. The molecule has 9 atom stereocenters. The van der Waals surface area contributed by atoms with Crippen LogP contribution in [-0.2, 0) is 19.4 Å². The Morgan fingerprint density at radius 1 is 0.981 bits per heavy atom. The third-order valence-electron chi connectivity index (χ3n) is 16.9. The zero-order valence-corrected chi connectivity index (χ0v) is 34.5. The van der Waals surface area contributed by atoms with Gasteiger partial charge in [-0.2, -0.15) is 0 Å². The van der Waals surface area contributed by atoms with Crippen molar-refractivity contribution in [2.75, 3.05) is 44.4 Å². The number of hydrogen-bond donors (Lipinski definition) is 2. The van der Waals surface area contributed by atoms with E-state index in [1.165, 1.54) is 24.0 Å². The minimum Gasteiger partial charge on any atom is -0.481 e. The molecule has 6 aliphatic rings. The Morgan fingerprint density at radius 2 is 1.70 bits per heavy atom. The topological polar surface area (TPSA) is 104 Å². The number of nitrogens with zero attached hydrogens (tertiary/aromatic N) is 1. The third kappa shape index (κ3) is 6.92. The van der Waals surface area contributed by atoms with Gasteiger partial charge < -0.3 is 10.4 Å². The first-order chi connectivity index (χ1) is 24.9. The third-order valence-corrected chi connectivity index (χ3v) is 18.5. The maximum absolute atomic E-state index is 14.5. The molecule has 5 aliphatic carbocycles. The molecule has 2 N–H and O–H groups in total. The quantitative estimate of drug-likeness (QED) is 0.194. The van der Waals surface area contributed by atoms with Crippen LogP contribution in [0.5, 0.6) is 0 Å². The molecular weight excluding hydrogens is 688 g/mol. The summed E-state index contributed by atoms with van der Waals surface area (Å²) in [7, 11) is -2.93. The second-order valence-electron chi connectivity index (χ2n) is 19.6. The van der Waals surface area contributed by atoms with Crippen molar-refractivity contribution in [2.45, 2.75) is 125 Å². The first-order valence-electron chi connectivity index (χ1n) is 20.9. The van der Waals surface area contributed by atoms with Crippen molar-refractivity contribution >= 4 is 21.7 Å². The summed E-state index contributed by atoms with van der Waals surface area (Å²) < 4.78 is 37.4. The average molecular weight is 757 g/mol. The normalized spacial score (nSPS) is 40.5. The van der Waals surface area contributed by atoms with Crippen molar-refractivity contribution in [3.05, 3.63) is 35.5 Å². The first kappa shape index (κ1) is 40.7. The second-order valence-corrected chi connectivity index (χ2v) is 21.9. The summed E-state index contributed by atoms with van der Waals surface area (Å²) in [5, 5.41) is 12.7. The number of sulfone groups is 1. The Labute approximate surface area is 320 Å². The van der Waals surface area contributed by atoms with E-state index in [1.54, 1.807) is 0 Å². The zero-order chi connectivity index (χ0) is 38.6. The number of hydrogen-bond acceptors (Lipinski definition) is 5. The van der Waals surface area contributed by atoms with Crippen molar-refractivity contribution in [2.24, 2.45) is 56.7 Å². The van der Waals surface area contributed by atoms with Gasteiger partial charge >= 0.3 is 5.97 Å². The van der Waals surface area contributed by atoms with Crippen molar-refractivity contribution in [3.8, 4) is 0 Å². The number of rotatable bonds is 12. The SMILES string of the molecule is C=C(C)[C@@H]1CC[C@]2(C(=O)NCCN3CCS(=O)(=O)CC3)CC[C@]3(C)[C@H](CC[C@@H]4[C@@]5(C)CC=C(/C(=C/CCC(=O)O)CCCF)C(C)(C)[C@@H]5CC[C@]43C)[C@@H]12. The van der Waals surface area contributed by atoms with E-state index in [2.05, 4.69) is 70.5 Å². The van der Waals surface area contributed by atoms with Crippen LogP contribution < -0.4 is 5.32 Å². The van der Waals surface area contributed by atoms with E-state index in [4.69, 9.17) is 0 Å². The van der Waals surface area contributed by atoms with Gasteiger partial charge in [0, 0.05) is 32.6 Å². The van der Waals surface area contributed by atoms with Gasteiger partial charge in [-0.3, -0.25) is 18.9 Å². The van der Waals surface area contributed by atoms with Crippen LogP contribution in [0, 0.1) is 56.7 Å². The smallest absolute Gasteiger partial charge is 0.303 e. The summed E-state index contributed by atoms with van der Waals surface area (Å²) in [5.41, 5.74) is 3.56. The van der Waals surface area contributed by atoms with Crippen molar-refractivity contribution < 1.29 is 27.5 Å². The molecule has 53 heavy (non-hydrogen) atoms. The van der Waals surface area contributed by atoms with Crippen molar-refractivity contribution in [1.29, 1.82) is 0 Å². The Morgan fingerprint density at radius 3 is 2.36 bits per heavy atom. The number of carbonyl (C=O) groups is 2. The molecule has 1 aliphatic heterocycles. The molecule has 1 saturated heterocycles. The Bertz CT molecular complexity index is 1610. The standard InChI is InChI=1S/C44H69FN2O5S/c1-30(2)32-15-20-44(39(50)46-24-25-47-26-28-53(51,52)29-27-47)22-21-42(6)34(38(32)44)13-14-36-41(5)18-16-33(31(11-9-23-45)10-8-12-37(48)49)40(3,4)35(41)17-19-43(36,42)7/h10,16,32,34-36,38H,1,8-9,11-15,17-29H2,2-7H3,(H,46,50)(H,48,49)/b31-10+/t32-,34+,35-,36+,38+,41-,42+,43+,44-/m0/s1. The predicted octanol–water partition coefficient (Wildman–Crippen LogP) is 8.57. The van der Waals surface area contributed by atoms with E-state index < -0.39 is 15.8 Å². The molecule has 1 heterocycles. The number of carboxylic acid groups (broad SMARTS) is 1. The molecule has 7 nitrogen and oxygen atoms in total. The monoisotopic (exact) mass is 756 g/mol. The molecule has 0 aromatic rings. The Balaban J connectivity index is 1.25.